The Labute approximate surface area is 174 Å². The minimum Gasteiger partial charge on any atom is -0.368 e. The number of nitrogens with zero attached hydrogens (tertiary/aromatic N) is 2. The molecule has 5 nitrogen and oxygen atoms in total. The van der Waals surface area contributed by atoms with Crippen LogP contribution in [0, 0.1) is 11.7 Å². The summed E-state index contributed by atoms with van der Waals surface area (Å²) >= 11 is 6.40. The molecule has 0 unspecified atom stereocenters. The highest BCUT2D eigenvalue weighted by molar-refractivity contribution is 6.33. The van der Waals surface area contributed by atoms with E-state index in [9.17, 15) is 9.18 Å². The van der Waals surface area contributed by atoms with Gasteiger partial charge in [-0.25, -0.2) is 9.07 Å². The molecule has 3 aromatic rings. The molecule has 1 amide bonds. The number of amides is 1. The Kier molecular flexibility index (Phi) is 6.67. The van der Waals surface area contributed by atoms with E-state index < -0.39 is 6.04 Å². The first kappa shape index (κ1) is 21.0. The van der Waals surface area contributed by atoms with Gasteiger partial charge < -0.3 is 11.1 Å². The summed E-state index contributed by atoms with van der Waals surface area (Å²) in [7, 11) is 0. The largest absolute Gasteiger partial charge is 0.368 e. The van der Waals surface area contributed by atoms with Crippen LogP contribution in [0.15, 0.2) is 54.7 Å². The number of halogens is 2. The zero-order valence-electron chi connectivity index (χ0n) is 16.4. The van der Waals surface area contributed by atoms with Crippen molar-refractivity contribution >= 4 is 17.5 Å². The molecule has 0 radical (unpaired) electrons. The van der Waals surface area contributed by atoms with Crippen molar-refractivity contribution in [1.82, 2.24) is 15.1 Å². The van der Waals surface area contributed by atoms with Crippen molar-refractivity contribution in [2.75, 3.05) is 0 Å². The van der Waals surface area contributed by atoms with E-state index in [4.69, 9.17) is 17.3 Å². The molecule has 2 aromatic carbocycles. The Morgan fingerprint density at radius 2 is 1.90 bits per heavy atom. The second kappa shape index (κ2) is 9.20. The van der Waals surface area contributed by atoms with Crippen molar-refractivity contribution in [1.29, 1.82) is 0 Å². The third-order valence-corrected chi connectivity index (χ3v) is 4.93. The predicted octanol–water partition coefficient (Wildman–Crippen LogP) is 4.32. The first-order chi connectivity index (χ1) is 13.8. The first-order valence-electron chi connectivity index (χ1n) is 9.47. The maximum atomic E-state index is 13.3. The number of primary amides is 1. The predicted molar refractivity (Wildman–Crippen MR) is 113 cm³/mol. The zero-order valence-corrected chi connectivity index (χ0v) is 17.2. The number of benzene rings is 2. The van der Waals surface area contributed by atoms with Crippen molar-refractivity contribution in [2.24, 2.45) is 11.7 Å². The molecule has 0 bridgehead atoms. The van der Waals surface area contributed by atoms with Crippen molar-refractivity contribution in [3.63, 3.8) is 0 Å². The summed E-state index contributed by atoms with van der Waals surface area (Å²) in [5, 5.41) is 8.49. The molecular weight excluding hydrogens is 391 g/mol. The van der Waals surface area contributed by atoms with E-state index in [1.165, 1.54) is 12.1 Å². The zero-order chi connectivity index (χ0) is 21.0. The van der Waals surface area contributed by atoms with Crippen LogP contribution >= 0.6 is 11.6 Å². The fraction of sp³-hybridized carbons (Fsp3) is 0.273. The molecular formula is C22H24ClFN4O. The van der Waals surface area contributed by atoms with Gasteiger partial charge in [-0.2, -0.15) is 5.10 Å². The number of carbonyl (C=O) groups excluding carboxylic acids is 1. The molecule has 0 saturated carbocycles. The van der Waals surface area contributed by atoms with Crippen LogP contribution in [0.1, 0.15) is 25.8 Å². The van der Waals surface area contributed by atoms with Crippen molar-refractivity contribution in [2.45, 2.75) is 32.9 Å². The summed E-state index contributed by atoms with van der Waals surface area (Å²) in [5.41, 5.74) is 8.61. The fourth-order valence-electron chi connectivity index (χ4n) is 3.15. The third-order valence-electron chi connectivity index (χ3n) is 4.60. The van der Waals surface area contributed by atoms with Gasteiger partial charge in [0.15, 0.2) is 0 Å². The van der Waals surface area contributed by atoms with Gasteiger partial charge in [0.25, 0.3) is 0 Å². The summed E-state index contributed by atoms with van der Waals surface area (Å²) in [6, 6.07) is 13.1. The van der Waals surface area contributed by atoms with E-state index in [0.29, 0.717) is 29.6 Å². The van der Waals surface area contributed by atoms with Crippen LogP contribution in [-0.4, -0.2) is 21.7 Å². The minimum atomic E-state index is -0.441. The van der Waals surface area contributed by atoms with Crippen LogP contribution in [0.2, 0.25) is 5.02 Å². The Morgan fingerprint density at radius 1 is 1.21 bits per heavy atom. The molecule has 0 aliphatic heterocycles. The number of nitrogens with two attached hydrogens (primary N) is 1. The fourth-order valence-corrected chi connectivity index (χ4v) is 3.38. The van der Waals surface area contributed by atoms with E-state index in [1.807, 2.05) is 38.2 Å². The monoisotopic (exact) mass is 414 g/mol. The second-order valence-corrected chi connectivity index (χ2v) is 7.78. The molecule has 0 aliphatic carbocycles. The van der Waals surface area contributed by atoms with Gasteiger partial charge in [-0.05, 0) is 42.7 Å². The van der Waals surface area contributed by atoms with E-state index in [0.717, 1.165) is 16.8 Å². The van der Waals surface area contributed by atoms with Crippen LogP contribution in [0.3, 0.4) is 0 Å². The number of rotatable bonds is 8. The highest BCUT2D eigenvalue weighted by atomic mass is 35.5. The summed E-state index contributed by atoms with van der Waals surface area (Å²) in [6.45, 7) is 4.47. The maximum absolute atomic E-state index is 13.3. The third kappa shape index (κ3) is 5.22. The molecule has 3 N–H and O–H groups in total. The van der Waals surface area contributed by atoms with Crippen LogP contribution < -0.4 is 11.1 Å². The summed E-state index contributed by atoms with van der Waals surface area (Å²) in [6.07, 6.45) is 2.50. The van der Waals surface area contributed by atoms with E-state index in [1.54, 1.807) is 22.9 Å². The van der Waals surface area contributed by atoms with Gasteiger partial charge in [-0.15, -0.1) is 0 Å². The molecule has 1 heterocycles. The number of aromatic nitrogens is 2. The second-order valence-electron chi connectivity index (χ2n) is 7.37. The summed E-state index contributed by atoms with van der Waals surface area (Å²) in [4.78, 5) is 11.8. The first-order valence-corrected chi connectivity index (χ1v) is 9.85. The molecule has 0 aliphatic rings. The van der Waals surface area contributed by atoms with Gasteiger partial charge in [0, 0.05) is 23.9 Å². The Hall–Kier alpha value is -2.70. The van der Waals surface area contributed by atoms with E-state index >= 15 is 0 Å². The standard InChI is InChI=1S/C22H24ClFN4O/c1-14(2)11-20(22(25)29)26-12-15-13-28(17-9-7-16(24)8-10-17)27-21(15)18-5-3-4-6-19(18)23/h3-10,13-14,20,26H,11-12H2,1-2H3,(H2,25,29)/t20-/m0/s1. The van der Waals surface area contributed by atoms with Gasteiger partial charge in [-0.1, -0.05) is 43.6 Å². The quantitative estimate of drug-likeness (QED) is 0.576. The van der Waals surface area contributed by atoms with Crippen molar-refractivity contribution in [3.05, 3.63) is 71.1 Å². The Balaban J connectivity index is 1.96. The SMILES string of the molecule is CC(C)C[C@H](NCc1cn(-c2ccc(F)cc2)nc1-c1ccccc1Cl)C(N)=O. The molecule has 0 saturated heterocycles. The number of carbonyl (C=O) groups is 1. The number of hydrogen-bond acceptors (Lipinski definition) is 3. The summed E-state index contributed by atoms with van der Waals surface area (Å²) < 4.78 is 15.0. The number of nitrogens with one attached hydrogen (secondary N) is 1. The molecule has 29 heavy (non-hydrogen) atoms. The van der Waals surface area contributed by atoms with Gasteiger partial charge in [0.2, 0.25) is 5.91 Å². The Bertz CT molecular complexity index is 985. The van der Waals surface area contributed by atoms with Gasteiger partial charge in [0.1, 0.15) is 5.82 Å². The lowest BCUT2D eigenvalue weighted by Crippen LogP contribution is -2.41. The van der Waals surface area contributed by atoms with Crippen LogP contribution in [0.5, 0.6) is 0 Å². The van der Waals surface area contributed by atoms with Crippen LogP contribution in [0.25, 0.3) is 16.9 Å². The molecule has 152 valence electrons. The summed E-state index contributed by atoms with van der Waals surface area (Å²) in [5.74, 6) is -0.374. The average molecular weight is 415 g/mol. The molecule has 1 atom stereocenters. The lowest BCUT2D eigenvalue weighted by molar-refractivity contribution is -0.120. The lowest BCUT2D eigenvalue weighted by atomic mass is 10.0. The molecule has 1 aromatic heterocycles. The minimum absolute atomic E-state index is 0.313. The van der Waals surface area contributed by atoms with Crippen molar-refractivity contribution < 1.29 is 9.18 Å². The normalized spacial score (nSPS) is 12.3. The van der Waals surface area contributed by atoms with E-state index in [2.05, 4.69) is 10.4 Å². The highest BCUT2D eigenvalue weighted by Gasteiger charge is 2.19. The topological polar surface area (TPSA) is 72.9 Å². The number of hydrogen-bond donors (Lipinski definition) is 2. The van der Waals surface area contributed by atoms with Gasteiger partial charge >= 0.3 is 0 Å². The van der Waals surface area contributed by atoms with Crippen molar-refractivity contribution in [3.8, 4) is 16.9 Å². The Morgan fingerprint density at radius 3 is 2.52 bits per heavy atom. The molecule has 3 rings (SSSR count). The van der Waals surface area contributed by atoms with Crippen LogP contribution in [-0.2, 0) is 11.3 Å². The van der Waals surface area contributed by atoms with Gasteiger partial charge in [-0.3, -0.25) is 4.79 Å². The van der Waals surface area contributed by atoms with E-state index in [-0.39, 0.29) is 11.7 Å². The average Bonchev–Trinajstić information content (AvgIpc) is 3.09. The lowest BCUT2D eigenvalue weighted by Gasteiger charge is -2.17. The van der Waals surface area contributed by atoms with Crippen LogP contribution in [0.4, 0.5) is 4.39 Å². The smallest absolute Gasteiger partial charge is 0.234 e. The maximum Gasteiger partial charge on any atom is 0.234 e. The highest BCUT2D eigenvalue weighted by Crippen LogP contribution is 2.30. The molecule has 0 spiro atoms. The molecule has 0 fully saturated rings. The van der Waals surface area contributed by atoms with Gasteiger partial charge in [0.05, 0.1) is 22.4 Å². The molecule has 7 heteroatoms.